The molecule has 0 spiro atoms. The van der Waals surface area contributed by atoms with E-state index in [1.54, 1.807) is 0 Å². The van der Waals surface area contributed by atoms with E-state index in [1.165, 1.54) is 33.2 Å². The predicted octanol–water partition coefficient (Wildman–Crippen LogP) is 6.63. The average molecular weight is 413 g/mol. The summed E-state index contributed by atoms with van der Waals surface area (Å²) in [7, 11) is 0. The van der Waals surface area contributed by atoms with Crippen LogP contribution in [0.3, 0.4) is 0 Å². The second kappa shape index (κ2) is 6.91. The highest BCUT2D eigenvalue weighted by molar-refractivity contribution is 5.97. The smallest absolute Gasteiger partial charge is 0.222 e. The zero-order valence-electron chi connectivity index (χ0n) is 19.8. The van der Waals surface area contributed by atoms with Crippen LogP contribution in [0.1, 0.15) is 72.2 Å². The van der Waals surface area contributed by atoms with Gasteiger partial charge in [-0.2, -0.15) is 4.40 Å². The third-order valence-electron chi connectivity index (χ3n) is 7.33. The molecule has 3 nitrogen and oxygen atoms in total. The lowest BCUT2D eigenvalue weighted by molar-refractivity contribution is -0.645. The van der Waals surface area contributed by atoms with Crippen molar-refractivity contribution < 1.29 is 4.57 Å². The van der Waals surface area contributed by atoms with Crippen molar-refractivity contribution in [2.45, 2.75) is 78.2 Å². The molecule has 160 valence electrons. The molecule has 0 aliphatic heterocycles. The summed E-state index contributed by atoms with van der Waals surface area (Å²) in [4.78, 5) is 5.32. The van der Waals surface area contributed by atoms with Gasteiger partial charge in [0.05, 0.1) is 17.4 Å². The molecule has 3 heteroatoms. The highest BCUT2D eigenvalue weighted by Crippen LogP contribution is 2.49. The molecule has 0 amide bonds. The van der Waals surface area contributed by atoms with Crippen LogP contribution in [0.25, 0.3) is 27.6 Å². The minimum atomic E-state index is -0.0665. The molecule has 1 aliphatic rings. The summed E-state index contributed by atoms with van der Waals surface area (Å²) in [6.07, 6.45) is 5.74. The number of rotatable bonds is 4. The second-order valence-electron chi connectivity index (χ2n) is 10.2. The van der Waals surface area contributed by atoms with E-state index in [0.717, 1.165) is 37.1 Å². The van der Waals surface area contributed by atoms with Crippen molar-refractivity contribution in [2.75, 3.05) is 0 Å². The zero-order valence-corrected chi connectivity index (χ0v) is 19.8. The Bertz CT molecular complexity index is 1350. The topological polar surface area (TPSA) is 21.2 Å². The van der Waals surface area contributed by atoms with E-state index < -0.39 is 0 Å². The van der Waals surface area contributed by atoms with Crippen LogP contribution < -0.4 is 4.57 Å². The van der Waals surface area contributed by atoms with E-state index in [-0.39, 0.29) is 10.8 Å². The molecule has 0 N–H and O–H groups in total. The fourth-order valence-electron chi connectivity index (χ4n) is 5.56. The van der Waals surface area contributed by atoms with Gasteiger partial charge in [-0.15, -0.1) is 0 Å². The quantitative estimate of drug-likeness (QED) is 0.272. The van der Waals surface area contributed by atoms with Crippen molar-refractivity contribution >= 4 is 27.6 Å². The Balaban J connectivity index is 2.07. The monoisotopic (exact) mass is 412 g/mol. The summed E-state index contributed by atoms with van der Waals surface area (Å²) in [5.74, 6) is 1.13. The van der Waals surface area contributed by atoms with Crippen LogP contribution in [0.4, 0.5) is 0 Å². The molecular weight excluding hydrogens is 378 g/mol. The van der Waals surface area contributed by atoms with Gasteiger partial charge in [-0.1, -0.05) is 70.5 Å². The summed E-state index contributed by atoms with van der Waals surface area (Å²) in [5.41, 5.74) is 7.99. The van der Waals surface area contributed by atoms with E-state index in [2.05, 4.69) is 99.1 Å². The summed E-state index contributed by atoms with van der Waals surface area (Å²) in [6, 6.07) is 15.6. The molecule has 1 atom stereocenters. The molecule has 0 bridgehead atoms. The number of imidazole rings is 1. The number of hydrogen-bond acceptors (Lipinski definition) is 1. The van der Waals surface area contributed by atoms with E-state index in [1.807, 2.05) is 0 Å². The Hall–Kier alpha value is -2.68. The first-order valence-electron chi connectivity index (χ1n) is 11.8. The summed E-state index contributed by atoms with van der Waals surface area (Å²) in [6.45, 7) is 14.7. The highest BCUT2D eigenvalue weighted by Gasteiger charge is 2.41. The van der Waals surface area contributed by atoms with Gasteiger partial charge >= 0.3 is 0 Å². The maximum atomic E-state index is 5.32. The van der Waals surface area contributed by atoms with Gasteiger partial charge in [0.2, 0.25) is 5.82 Å². The maximum absolute atomic E-state index is 5.32. The van der Waals surface area contributed by atoms with Gasteiger partial charge in [0, 0.05) is 10.8 Å². The van der Waals surface area contributed by atoms with E-state index in [4.69, 9.17) is 4.98 Å². The van der Waals surface area contributed by atoms with E-state index in [9.17, 15) is 0 Å². The van der Waals surface area contributed by atoms with Crippen LogP contribution in [0.5, 0.6) is 0 Å². The van der Waals surface area contributed by atoms with Gasteiger partial charge in [-0.05, 0) is 49.9 Å². The van der Waals surface area contributed by atoms with Gasteiger partial charge in [0.1, 0.15) is 0 Å². The molecule has 1 aliphatic carbocycles. The summed E-state index contributed by atoms with van der Waals surface area (Å²) >= 11 is 0. The number of benzene rings is 2. The molecule has 0 saturated carbocycles. The highest BCUT2D eigenvalue weighted by atomic mass is 15.2. The lowest BCUT2D eigenvalue weighted by atomic mass is 9.62. The number of para-hydroxylation sites is 2. The lowest BCUT2D eigenvalue weighted by Gasteiger charge is -2.41. The number of aromatic nitrogens is 3. The van der Waals surface area contributed by atoms with Crippen LogP contribution in [0.2, 0.25) is 0 Å². The molecule has 5 rings (SSSR count). The number of allylic oxidation sites excluding steroid dienone is 2. The van der Waals surface area contributed by atoms with E-state index in [0.29, 0.717) is 0 Å². The standard InChI is InChI=1S/C28H34N3/c1-7-18-30-22-14-9-10-15-23(22)31-25(30)24-20(28(8-2)17-16-19(28)3)12-11-13-21(24)29-26(31)27(4,5)6/h9-16H,7-8,17-18H2,1-6H3/q+1. The van der Waals surface area contributed by atoms with Crippen LogP contribution in [-0.4, -0.2) is 9.38 Å². The molecule has 2 aromatic carbocycles. The molecule has 4 aromatic rings. The van der Waals surface area contributed by atoms with Gasteiger partial charge in [0.15, 0.2) is 11.0 Å². The van der Waals surface area contributed by atoms with Crippen LogP contribution >= 0.6 is 0 Å². The molecule has 0 fully saturated rings. The Labute approximate surface area is 185 Å². The molecule has 0 saturated heterocycles. The van der Waals surface area contributed by atoms with Crippen molar-refractivity contribution in [1.29, 1.82) is 0 Å². The predicted molar refractivity (Wildman–Crippen MR) is 130 cm³/mol. The molecule has 2 heterocycles. The second-order valence-corrected chi connectivity index (χ2v) is 10.2. The minimum absolute atomic E-state index is 0.0665. The Kier molecular flexibility index (Phi) is 4.51. The van der Waals surface area contributed by atoms with Gasteiger partial charge in [-0.25, -0.2) is 9.55 Å². The molecule has 0 radical (unpaired) electrons. The summed E-state index contributed by atoms with van der Waals surface area (Å²) in [5, 5.41) is 1.33. The lowest BCUT2D eigenvalue weighted by Crippen LogP contribution is -2.36. The molecule has 31 heavy (non-hydrogen) atoms. The Morgan fingerprint density at radius 3 is 2.45 bits per heavy atom. The van der Waals surface area contributed by atoms with Gasteiger partial charge < -0.3 is 0 Å². The van der Waals surface area contributed by atoms with Crippen molar-refractivity contribution in [3.63, 3.8) is 0 Å². The van der Waals surface area contributed by atoms with Gasteiger partial charge in [-0.3, -0.25) is 0 Å². The fourth-order valence-corrected chi connectivity index (χ4v) is 5.56. The van der Waals surface area contributed by atoms with E-state index >= 15 is 0 Å². The first-order valence-corrected chi connectivity index (χ1v) is 11.8. The van der Waals surface area contributed by atoms with Crippen LogP contribution in [0, 0.1) is 0 Å². The molecule has 2 aromatic heterocycles. The largest absolute Gasteiger partial charge is 0.298 e. The Morgan fingerprint density at radius 1 is 1.06 bits per heavy atom. The minimum Gasteiger partial charge on any atom is -0.222 e. The normalized spacial score (nSPS) is 19.2. The number of nitrogens with zero attached hydrogens (tertiary/aromatic N) is 3. The maximum Gasteiger partial charge on any atom is 0.298 e. The average Bonchev–Trinajstić information content (AvgIpc) is 3.07. The van der Waals surface area contributed by atoms with Crippen LogP contribution in [-0.2, 0) is 17.4 Å². The molecule has 1 unspecified atom stereocenters. The third kappa shape index (κ3) is 2.71. The van der Waals surface area contributed by atoms with Crippen molar-refractivity contribution in [3.05, 3.63) is 65.5 Å². The summed E-state index contributed by atoms with van der Waals surface area (Å²) < 4.78 is 5.00. The van der Waals surface area contributed by atoms with Crippen molar-refractivity contribution in [1.82, 2.24) is 9.38 Å². The third-order valence-corrected chi connectivity index (χ3v) is 7.33. The first kappa shape index (κ1) is 20.2. The van der Waals surface area contributed by atoms with Gasteiger partial charge in [0.25, 0.3) is 5.65 Å². The zero-order chi connectivity index (χ0) is 22.0. The number of fused-ring (bicyclic) bond motifs is 5. The Morgan fingerprint density at radius 2 is 1.84 bits per heavy atom. The van der Waals surface area contributed by atoms with Crippen molar-refractivity contribution in [3.8, 4) is 0 Å². The van der Waals surface area contributed by atoms with Crippen molar-refractivity contribution in [2.24, 2.45) is 0 Å². The SMILES string of the molecule is CCC[n+]1c2ccccc2n2c(C(C)(C)C)nc3cccc(C4(CC)CC=C4C)c3c21. The van der Waals surface area contributed by atoms with Crippen LogP contribution in [0.15, 0.2) is 54.1 Å². The molecular formula is C28H34N3+. The number of hydrogen-bond donors (Lipinski definition) is 0. The fraction of sp³-hybridized carbons (Fsp3) is 0.429. The number of aryl methyl sites for hydroxylation is 1. The first-order chi connectivity index (χ1) is 14.8.